The molecule has 0 atom stereocenters. The largest absolute Gasteiger partial charge is 0.365 e. The number of aryl methyl sites for hydroxylation is 1. The molecule has 0 saturated carbocycles. The Labute approximate surface area is 86.5 Å². The Morgan fingerprint density at radius 2 is 1.86 bits per heavy atom. The number of rotatable bonds is 2. The van der Waals surface area contributed by atoms with Crippen molar-refractivity contribution in [3.63, 3.8) is 0 Å². The maximum Gasteiger partial charge on any atom is 0.0115 e. The van der Waals surface area contributed by atoms with Gasteiger partial charge in [0.15, 0.2) is 0 Å². The van der Waals surface area contributed by atoms with E-state index in [1.165, 1.54) is 5.56 Å². The van der Waals surface area contributed by atoms with Gasteiger partial charge in [0, 0.05) is 11.9 Å². The van der Waals surface area contributed by atoms with E-state index >= 15 is 0 Å². The highest BCUT2D eigenvalue weighted by atomic mass is 14.6. The van der Waals surface area contributed by atoms with Crippen LogP contribution in [0.3, 0.4) is 0 Å². The van der Waals surface area contributed by atoms with Gasteiger partial charge in [-0.15, -0.1) is 0 Å². The molecule has 0 spiro atoms. The van der Waals surface area contributed by atoms with E-state index in [9.17, 15) is 0 Å². The first-order chi connectivity index (χ1) is 6.68. The summed E-state index contributed by atoms with van der Waals surface area (Å²) in [6, 6.07) is 10.6. The van der Waals surface area contributed by atoms with Gasteiger partial charge < -0.3 is 4.98 Å². The summed E-state index contributed by atoms with van der Waals surface area (Å²) in [6.07, 6.45) is 3.10. The third-order valence-electron chi connectivity index (χ3n) is 2.02. The van der Waals surface area contributed by atoms with Crippen molar-refractivity contribution in [2.75, 3.05) is 0 Å². The second-order valence-electron chi connectivity index (χ2n) is 4.05. The van der Waals surface area contributed by atoms with Crippen LogP contribution in [0, 0.1) is 12.8 Å². The third-order valence-corrected chi connectivity index (χ3v) is 2.02. The molecule has 0 amide bonds. The van der Waals surface area contributed by atoms with Gasteiger partial charge >= 0.3 is 0 Å². The van der Waals surface area contributed by atoms with E-state index < -0.39 is 0 Å². The van der Waals surface area contributed by atoms with Crippen molar-refractivity contribution in [2.24, 2.45) is 5.92 Å². The van der Waals surface area contributed by atoms with E-state index in [1.807, 2.05) is 6.20 Å². The zero-order valence-corrected chi connectivity index (χ0v) is 9.25. The van der Waals surface area contributed by atoms with Crippen LogP contribution in [-0.4, -0.2) is 4.98 Å². The molecular weight excluding hydrogens is 170 g/mol. The number of nitrogens with one attached hydrogen (secondary N) is 1. The lowest BCUT2D eigenvalue weighted by molar-refractivity contribution is 0.647. The van der Waals surface area contributed by atoms with E-state index in [1.54, 1.807) is 0 Å². The van der Waals surface area contributed by atoms with Crippen molar-refractivity contribution in [3.8, 4) is 0 Å². The predicted octanol–water partition coefficient (Wildman–Crippen LogP) is 3.65. The van der Waals surface area contributed by atoms with Gasteiger partial charge in [0.1, 0.15) is 0 Å². The lowest BCUT2D eigenvalue weighted by atomic mass is 10.0. The molecule has 1 aromatic heterocycles. The molecule has 0 aromatic carbocycles. The second kappa shape index (κ2) is 5.48. The van der Waals surface area contributed by atoms with E-state index in [2.05, 4.69) is 56.1 Å². The standard InChI is InChI=1S/C13H19N/c1-11(2)10-13-7-4-6-12(3)14-9-5-8-13/h4-9,11,14H,10H2,1-3H3. The number of aromatic nitrogens is 1. The van der Waals surface area contributed by atoms with Crippen LogP contribution in [0.25, 0.3) is 0 Å². The van der Waals surface area contributed by atoms with Gasteiger partial charge in [-0.05, 0) is 37.0 Å². The molecule has 1 heteroatoms. The third kappa shape index (κ3) is 4.13. The highest BCUT2D eigenvalue weighted by Gasteiger charge is 1.93. The maximum atomic E-state index is 3.18. The van der Waals surface area contributed by atoms with Gasteiger partial charge in [0.05, 0.1) is 0 Å². The minimum absolute atomic E-state index is 0.707. The predicted molar refractivity (Wildman–Crippen MR) is 61.7 cm³/mol. The van der Waals surface area contributed by atoms with Crippen LogP contribution in [0.4, 0.5) is 0 Å². The highest BCUT2D eigenvalue weighted by molar-refractivity contribution is 5.12. The quantitative estimate of drug-likeness (QED) is 0.731. The minimum Gasteiger partial charge on any atom is -0.365 e. The van der Waals surface area contributed by atoms with Crippen LogP contribution in [0.15, 0.2) is 36.5 Å². The molecule has 14 heavy (non-hydrogen) atoms. The first-order valence-corrected chi connectivity index (χ1v) is 5.15. The van der Waals surface area contributed by atoms with Crippen molar-refractivity contribution < 1.29 is 0 Å². The van der Waals surface area contributed by atoms with Crippen LogP contribution in [0.1, 0.15) is 25.1 Å². The average Bonchev–Trinajstić information content (AvgIpc) is 2.18. The normalized spacial score (nSPS) is 10.0. The summed E-state index contributed by atoms with van der Waals surface area (Å²) in [7, 11) is 0. The summed E-state index contributed by atoms with van der Waals surface area (Å²) in [5.74, 6) is 0.707. The van der Waals surface area contributed by atoms with E-state index in [4.69, 9.17) is 0 Å². The molecule has 0 bridgehead atoms. The fraction of sp³-hybridized carbons (Fsp3) is 0.385. The molecular formula is C13H19N. The molecule has 0 aliphatic carbocycles. The van der Waals surface area contributed by atoms with Crippen LogP contribution in [-0.2, 0) is 6.42 Å². The van der Waals surface area contributed by atoms with Crippen molar-refractivity contribution >= 4 is 0 Å². The molecule has 0 radical (unpaired) electrons. The Morgan fingerprint density at radius 1 is 1.14 bits per heavy atom. The van der Waals surface area contributed by atoms with E-state index in [0.29, 0.717) is 5.92 Å². The molecule has 0 aliphatic heterocycles. The summed E-state index contributed by atoms with van der Waals surface area (Å²) in [5, 5.41) is 0. The molecule has 1 rings (SSSR count). The van der Waals surface area contributed by atoms with Crippen molar-refractivity contribution in [2.45, 2.75) is 27.2 Å². The minimum atomic E-state index is 0.707. The average molecular weight is 189 g/mol. The Kier molecular flexibility index (Phi) is 4.24. The molecule has 1 aromatic rings. The first-order valence-electron chi connectivity index (χ1n) is 5.15. The van der Waals surface area contributed by atoms with Crippen molar-refractivity contribution in [1.29, 1.82) is 0 Å². The number of hydrogen-bond acceptors (Lipinski definition) is 0. The monoisotopic (exact) mass is 189 g/mol. The summed E-state index contributed by atoms with van der Waals surface area (Å²) >= 11 is 0. The van der Waals surface area contributed by atoms with Gasteiger partial charge in [0.25, 0.3) is 0 Å². The number of hydrogen-bond donors (Lipinski definition) is 1. The second-order valence-corrected chi connectivity index (χ2v) is 4.05. The number of H-pyrrole nitrogens is 1. The molecule has 1 nitrogen and oxygen atoms in total. The van der Waals surface area contributed by atoms with Gasteiger partial charge in [-0.25, -0.2) is 0 Å². The molecule has 0 unspecified atom stereocenters. The topological polar surface area (TPSA) is 15.8 Å². The van der Waals surface area contributed by atoms with Gasteiger partial charge in [0.2, 0.25) is 0 Å². The smallest absolute Gasteiger partial charge is 0.0115 e. The zero-order valence-electron chi connectivity index (χ0n) is 9.25. The Morgan fingerprint density at radius 3 is 2.57 bits per heavy atom. The number of aromatic amines is 1. The lowest BCUT2D eigenvalue weighted by Crippen LogP contribution is -1.91. The van der Waals surface area contributed by atoms with Crippen LogP contribution >= 0.6 is 0 Å². The highest BCUT2D eigenvalue weighted by Crippen LogP contribution is 2.05. The molecule has 76 valence electrons. The van der Waals surface area contributed by atoms with Crippen LogP contribution < -0.4 is 0 Å². The SMILES string of the molecule is Cc1cccc(CC(C)C)ccc[nH]1. The molecule has 0 fully saturated rings. The Hall–Kier alpha value is -1.24. The van der Waals surface area contributed by atoms with Gasteiger partial charge in [-0.3, -0.25) is 0 Å². The fourth-order valence-electron chi connectivity index (χ4n) is 1.38. The molecule has 1 heterocycles. The first kappa shape index (κ1) is 10.8. The van der Waals surface area contributed by atoms with E-state index in [-0.39, 0.29) is 0 Å². The van der Waals surface area contributed by atoms with Crippen molar-refractivity contribution in [1.82, 2.24) is 4.98 Å². The summed E-state index contributed by atoms with van der Waals surface area (Å²) < 4.78 is 0. The van der Waals surface area contributed by atoms with Crippen molar-refractivity contribution in [3.05, 3.63) is 47.8 Å². The lowest BCUT2D eigenvalue weighted by Gasteiger charge is -2.01. The van der Waals surface area contributed by atoms with Crippen LogP contribution in [0.5, 0.6) is 0 Å². The maximum absolute atomic E-state index is 3.18. The zero-order chi connectivity index (χ0) is 10.4. The summed E-state index contributed by atoms with van der Waals surface area (Å²) in [6.45, 7) is 6.54. The van der Waals surface area contributed by atoms with Gasteiger partial charge in [-0.1, -0.05) is 32.0 Å². The van der Waals surface area contributed by atoms with Crippen LogP contribution in [0.2, 0.25) is 0 Å². The molecule has 0 aliphatic rings. The Bertz CT molecular complexity index is 322. The van der Waals surface area contributed by atoms with E-state index in [0.717, 1.165) is 12.1 Å². The Balaban J connectivity index is 2.99. The van der Waals surface area contributed by atoms with Gasteiger partial charge in [-0.2, -0.15) is 0 Å². The summed E-state index contributed by atoms with van der Waals surface area (Å²) in [5.41, 5.74) is 2.54. The fourth-order valence-corrected chi connectivity index (χ4v) is 1.38. The molecule has 0 saturated heterocycles. The summed E-state index contributed by atoms with van der Waals surface area (Å²) in [4.78, 5) is 3.18. The molecule has 1 N–H and O–H groups in total.